The first-order chi connectivity index (χ1) is 14.3. The molecular formula is C22H30N4O3S. The van der Waals surface area contributed by atoms with Crippen LogP contribution >= 0.6 is 0 Å². The highest BCUT2D eigenvalue weighted by atomic mass is 32.2. The maximum Gasteiger partial charge on any atom is 0.251 e. The molecule has 30 heavy (non-hydrogen) atoms. The number of para-hydroxylation sites is 1. The third-order valence-electron chi connectivity index (χ3n) is 5.23. The minimum absolute atomic E-state index is 0.194. The molecule has 0 radical (unpaired) electrons. The van der Waals surface area contributed by atoms with Gasteiger partial charge in [0.2, 0.25) is 10.0 Å². The number of benzene rings is 2. The van der Waals surface area contributed by atoms with E-state index in [-0.39, 0.29) is 5.91 Å². The summed E-state index contributed by atoms with van der Waals surface area (Å²) in [7, 11) is -3.39. The Bertz CT molecular complexity index is 956. The summed E-state index contributed by atoms with van der Waals surface area (Å²) >= 11 is 0. The van der Waals surface area contributed by atoms with Gasteiger partial charge in [0.15, 0.2) is 0 Å². The molecule has 0 bridgehead atoms. The number of carbonyl (C=O) groups is 1. The topological polar surface area (TPSA) is 81.8 Å². The Hall–Kier alpha value is -2.58. The Morgan fingerprint density at radius 2 is 1.73 bits per heavy atom. The molecule has 1 aliphatic heterocycles. The summed E-state index contributed by atoms with van der Waals surface area (Å²) < 4.78 is 25.4. The van der Waals surface area contributed by atoms with Crippen molar-refractivity contribution in [3.63, 3.8) is 0 Å². The highest BCUT2D eigenvalue weighted by Crippen LogP contribution is 2.18. The Morgan fingerprint density at radius 1 is 1.03 bits per heavy atom. The zero-order valence-electron chi connectivity index (χ0n) is 17.6. The van der Waals surface area contributed by atoms with Crippen LogP contribution in [0.3, 0.4) is 0 Å². The van der Waals surface area contributed by atoms with Gasteiger partial charge < -0.3 is 10.2 Å². The van der Waals surface area contributed by atoms with Gasteiger partial charge in [-0.1, -0.05) is 24.3 Å². The van der Waals surface area contributed by atoms with Crippen molar-refractivity contribution in [1.29, 1.82) is 0 Å². The average molecular weight is 431 g/mol. The van der Waals surface area contributed by atoms with Gasteiger partial charge in [-0.15, -0.1) is 0 Å². The number of piperazine rings is 1. The van der Waals surface area contributed by atoms with Crippen molar-refractivity contribution in [3.8, 4) is 0 Å². The molecular weight excluding hydrogens is 400 g/mol. The van der Waals surface area contributed by atoms with Crippen LogP contribution in [0.2, 0.25) is 0 Å². The largest absolute Gasteiger partial charge is 0.369 e. The Balaban J connectivity index is 1.41. The molecule has 0 saturated carbocycles. The van der Waals surface area contributed by atoms with E-state index in [0.29, 0.717) is 17.8 Å². The second-order valence-electron chi connectivity index (χ2n) is 7.68. The van der Waals surface area contributed by atoms with Gasteiger partial charge in [0.1, 0.15) is 0 Å². The molecule has 162 valence electrons. The van der Waals surface area contributed by atoms with E-state index < -0.39 is 10.0 Å². The summed E-state index contributed by atoms with van der Waals surface area (Å²) in [6.45, 7) is 7.37. The minimum Gasteiger partial charge on any atom is -0.369 e. The molecule has 0 atom stereocenters. The lowest BCUT2D eigenvalue weighted by Crippen LogP contribution is -2.47. The third kappa shape index (κ3) is 6.47. The van der Waals surface area contributed by atoms with Crippen LogP contribution < -0.4 is 14.9 Å². The predicted molar refractivity (Wildman–Crippen MR) is 122 cm³/mol. The molecule has 2 aromatic carbocycles. The molecule has 1 aliphatic rings. The molecule has 0 aliphatic carbocycles. The van der Waals surface area contributed by atoms with E-state index in [2.05, 4.69) is 44.1 Å². The highest BCUT2D eigenvalue weighted by Gasteiger charge is 2.17. The van der Waals surface area contributed by atoms with Crippen molar-refractivity contribution in [3.05, 3.63) is 59.7 Å². The van der Waals surface area contributed by atoms with E-state index >= 15 is 0 Å². The summed E-state index contributed by atoms with van der Waals surface area (Å²) in [4.78, 5) is 17.2. The molecule has 1 amide bonds. The lowest BCUT2D eigenvalue weighted by atomic mass is 10.1. The van der Waals surface area contributed by atoms with Crippen LogP contribution in [0, 0.1) is 6.92 Å². The second-order valence-corrected chi connectivity index (χ2v) is 9.43. The lowest BCUT2D eigenvalue weighted by molar-refractivity contribution is 0.0951. The average Bonchev–Trinajstić information content (AvgIpc) is 2.73. The molecule has 2 aromatic rings. The van der Waals surface area contributed by atoms with Crippen molar-refractivity contribution in [2.45, 2.75) is 13.3 Å². The van der Waals surface area contributed by atoms with Crippen molar-refractivity contribution < 1.29 is 13.2 Å². The van der Waals surface area contributed by atoms with Gasteiger partial charge in [-0.2, -0.15) is 0 Å². The summed E-state index contributed by atoms with van der Waals surface area (Å²) in [6, 6.07) is 15.5. The number of hydrogen-bond donors (Lipinski definition) is 2. The van der Waals surface area contributed by atoms with Gasteiger partial charge in [0.05, 0.1) is 11.9 Å². The van der Waals surface area contributed by atoms with E-state index in [1.807, 2.05) is 6.07 Å². The summed E-state index contributed by atoms with van der Waals surface area (Å²) in [5, 5.41) is 2.93. The van der Waals surface area contributed by atoms with E-state index in [1.165, 1.54) is 5.69 Å². The first-order valence-electron chi connectivity index (χ1n) is 10.2. The first-order valence-corrected chi connectivity index (χ1v) is 12.1. The fourth-order valence-corrected chi connectivity index (χ4v) is 4.17. The van der Waals surface area contributed by atoms with Gasteiger partial charge in [-0.05, 0) is 49.7 Å². The van der Waals surface area contributed by atoms with Crippen LogP contribution in [0.25, 0.3) is 0 Å². The zero-order valence-corrected chi connectivity index (χ0v) is 18.4. The standard InChI is InChI=1S/C22H30N4O3S/c1-18-9-10-19(17-21(18)24-30(2,28)29)22(27)23-11-6-12-25-13-15-26(16-14-25)20-7-4-3-5-8-20/h3-5,7-10,17,24H,6,11-16H2,1-2H3,(H,23,27). The maximum atomic E-state index is 12.4. The van der Waals surface area contributed by atoms with Crippen molar-refractivity contribution >= 4 is 27.3 Å². The molecule has 0 aromatic heterocycles. The molecule has 1 fully saturated rings. The summed E-state index contributed by atoms with van der Waals surface area (Å²) in [5.41, 5.74) is 2.92. The van der Waals surface area contributed by atoms with E-state index in [9.17, 15) is 13.2 Å². The normalized spacial score (nSPS) is 15.1. The number of anilines is 2. The number of rotatable bonds is 8. The fourth-order valence-electron chi connectivity index (χ4n) is 3.55. The Morgan fingerprint density at radius 3 is 2.40 bits per heavy atom. The Kier molecular flexibility index (Phi) is 7.33. The van der Waals surface area contributed by atoms with Crippen LogP contribution in [-0.2, 0) is 10.0 Å². The SMILES string of the molecule is Cc1ccc(C(=O)NCCCN2CCN(c3ccccc3)CC2)cc1NS(C)(=O)=O. The van der Waals surface area contributed by atoms with Crippen LogP contribution in [-0.4, -0.2) is 64.7 Å². The fraction of sp³-hybridized carbons (Fsp3) is 0.409. The summed E-state index contributed by atoms with van der Waals surface area (Å²) in [6.07, 6.45) is 1.97. The van der Waals surface area contributed by atoms with E-state index in [0.717, 1.165) is 51.0 Å². The number of hydrogen-bond acceptors (Lipinski definition) is 5. The predicted octanol–water partition coefficient (Wildman–Crippen LogP) is 2.31. The highest BCUT2D eigenvalue weighted by molar-refractivity contribution is 7.92. The van der Waals surface area contributed by atoms with Crippen molar-refractivity contribution in [1.82, 2.24) is 10.2 Å². The first kappa shape index (κ1) is 22.1. The Labute approximate surface area is 179 Å². The van der Waals surface area contributed by atoms with Crippen LogP contribution in [0.4, 0.5) is 11.4 Å². The lowest BCUT2D eigenvalue weighted by Gasteiger charge is -2.36. The van der Waals surface area contributed by atoms with Crippen molar-refractivity contribution in [2.75, 3.05) is 55.1 Å². The quantitative estimate of drug-likeness (QED) is 0.628. The van der Waals surface area contributed by atoms with Gasteiger partial charge in [-0.25, -0.2) is 8.42 Å². The molecule has 2 N–H and O–H groups in total. The van der Waals surface area contributed by atoms with Crippen molar-refractivity contribution in [2.24, 2.45) is 0 Å². The summed E-state index contributed by atoms with van der Waals surface area (Å²) in [5.74, 6) is -0.194. The van der Waals surface area contributed by atoms with E-state index in [1.54, 1.807) is 25.1 Å². The van der Waals surface area contributed by atoms with Gasteiger partial charge in [0, 0.05) is 44.0 Å². The maximum absolute atomic E-state index is 12.4. The number of carbonyl (C=O) groups excluding carboxylic acids is 1. The molecule has 1 heterocycles. The second kappa shape index (κ2) is 9.95. The molecule has 0 spiro atoms. The zero-order chi connectivity index (χ0) is 21.6. The van der Waals surface area contributed by atoms with Crippen LogP contribution in [0.1, 0.15) is 22.3 Å². The van der Waals surface area contributed by atoms with Gasteiger partial charge in [-0.3, -0.25) is 14.4 Å². The minimum atomic E-state index is -3.39. The van der Waals surface area contributed by atoms with Gasteiger partial charge in [0.25, 0.3) is 5.91 Å². The molecule has 7 nitrogen and oxygen atoms in total. The monoisotopic (exact) mass is 430 g/mol. The number of nitrogens with one attached hydrogen (secondary N) is 2. The smallest absolute Gasteiger partial charge is 0.251 e. The molecule has 3 rings (SSSR count). The van der Waals surface area contributed by atoms with Crippen LogP contribution in [0.15, 0.2) is 48.5 Å². The molecule has 1 saturated heterocycles. The van der Waals surface area contributed by atoms with E-state index in [4.69, 9.17) is 0 Å². The molecule has 0 unspecified atom stereocenters. The molecule has 8 heteroatoms. The number of amides is 1. The third-order valence-corrected chi connectivity index (χ3v) is 5.82. The van der Waals surface area contributed by atoms with Crippen LogP contribution in [0.5, 0.6) is 0 Å². The number of nitrogens with zero attached hydrogens (tertiary/aromatic N) is 2. The number of sulfonamides is 1. The number of aryl methyl sites for hydroxylation is 1. The van der Waals surface area contributed by atoms with Gasteiger partial charge >= 0.3 is 0 Å².